The molecule has 0 amide bonds. The van der Waals surface area contributed by atoms with E-state index in [1.54, 1.807) is 6.07 Å². The number of rotatable bonds is 5. The summed E-state index contributed by atoms with van der Waals surface area (Å²) in [6.45, 7) is 5.71. The predicted octanol–water partition coefficient (Wildman–Crippen LogP) is 3.60. The Hall–Kier alpha value is -1.87. The van der Waals surface area contributed by atoms with Crippen molar-refractivity contribution >= 4 is 0 Å². The summed E-state index contributed by atoms with van der Waals surface area (Å²) in [5.41, 5.74) is 2.10. The van der Waals surface area contributed by atoms with Gasteiger partial charge in [0.1, 0.15) is 0 Å². The van der Waals surface area contributed by atoms with Crippen molar-refractivity contribution in [3.05, 3.63) is 65.5 Å². The Balaban J connectivity index is 1.93. The number of phenols is 1. The number of halogens is 1. The monoisotopic (exact) mass is 273 g/mol. The molecular weight excluding hydrogens is 253 g/mol. The molecule has 0 radical (unpaired) electrons. The fourth-order valence-corrected chi connectivity index (χ4v) is 2.17. The van der Waals surface area contributed by atoms with E-state index in [4.69, 9.17) is 5.11 Å². The molecule has 0 heterocycles. The normalized spacial score (nSPS) is 11.6. The Kier molecular flexibility index (Phi) is 4.40. The number of nitrogens with one attached hydrogen (secondary N) is 1. The van der Waals surface area contributed by atoms with Crippen LogP contribution in [0.15, 0.2) is 48.5 Å². The molecule has 0 fully saturated rings. The van der Waals surface area contributed by atoms with Crippen LogP contribution in [-0.2, 0) is 12.0 Å². The highest BCUT2D eigenvalue weighted by molar-refractivity contribution is 5.28. The molecule has 3 heteroatoms. The van der Waals surface area contributed by atoms with Gasteiger partial charge in [-0.05, 0) is 23.3 Å². The molecule has 2 N–H and O–H groups in total. The van der Waals surface area contributed by atoms with E-state index in [2.05, 4.69) is 31.3 Å². The fourth-order valence-electron chi connectivity index (χ4n) is 2.17. The molecule has 106 valence electrons. The summed E-state index contributed by atoms with van der Waals surface area (Å²) in [7, 11) is 0. The van der Waals surface area contributed by atoms with Crippen molar-refractivity contribution in [2.24, 2.45) is 0 Å². The smallest absolute Gasteiger partial charge is 0.165 e. The average Bonchev–Trinajstić information content (AvgIpc) is 2.44. The molecule has 0 aliphatic heterocycles. The van der Waals surface area contributed by atoms with E-state index < -0.39 is 5.82 Å². The molecule has 2 aromatic carbocycles. The second-order valence-corrected chi connectivity index (χ2v) is 5.64. The summed E-state index contributed by atoms with van der Waals surface area (Å²) in [6, 6.07) is 14.8. The third-order valence-corrected chi connectivity index (χ3v) is 3.46. The highest BCUT2D eigenvalue weighted by atomic mass is 19.1. The molecule has 2 aromatic rings. The van der Waals surface area contributed by atoms with Gasteiger partial charge in [-0.15, -0.1) is 0 Å². The van der Waals surface area contributed by atoms with Gasteiger partial charge in [-0.3, -0.25) is 0 Å². The molecule has 0 spiro atoms. The van der Waals surface area contributed by atoms with Crippen LogP contribution in [-0.4, -0.2) is 11.7 Å². The van der Waals surface area contributed by atoms with Crippen LogP contribution >= 0.6 is 0 Å². The van der Waals surface area contributed by atoms with Crippen molar-refractivity contribution in [2.45, 2.75) is 25.8 Å². The van der Waals surface area contributed by atoms with Crippen LogP contribution in [0, 0.1) is 5.82 Å². The first kappa shape index (κ1) is 14.5. The summed E-state index contributed by atoms with van der Waals surface area (Å²) in [6.07, 6.45) is 0. The molecule has 0 saturated heterocycles. The molecule has 0 bridgehead atoms. The fraction of sp³-hybridized carbons (Fsp3) is 0.294. The number of benzene rings is 2. The van der Waals surface area contributed by atoms with Gasteiger partial charge < -0.3 is 10.4 Å². The minimum atomic E-state index is -0.577. The Morgan fingerprint density at radius 3 is 2.45 bits per heavy atom. The Labute approximate surface area is 119 Å². The first-order chi connectivity index (χ1) is 9.49. The Morgan fingerprint density at radius 1 is 1.10 bits per heavy atom. The molecule has 0 aliphatic rings. The zero-order chi connectivity index (χ0) is 14.6. The molecule has 0 saturated carbocycles. The third-order valence-electron chi connectivity index (χ3n) is 3.46. The zero-order valence-corrected chi connectivity index (χ0v) is 11.9. The van der Waals surface area contributed by atoms with Gasteiger partial charge in [-0.25, -0.2) is 4.39 Å². The van der Waals surface area contributed by atoms with Gasteiger partial charge in [0.15, 0.2) is 11.6 Å². The maximum Gasteiger partial charge on any atom is 0.165 e. The van der Waals surface area contributed by atoms with Crippen LogP contribution in [0.25, 0.3) is 0 Å². The van der Waals surface area contributed by atoms with Gasteiger partial charge in [0.25, 0.3) is 0 Å². The van der Waals surface area contributed by atoms with Crippen molar-refractivity contribution in [1.82, 2.24) is 5.32 Å². The quantitative estimate of drug-likeness (QED) is 0.872. The molecule has 0 aromatic heterocycles. The van der Waals surface area contributed by atoms with Crippen LogP contribution in [0.5, 0.6) is 5.75 Å². The summed E-state index contributed by atoms with van der Waals surface area (Å²) < 4.78 is 13.2. The van der Waals surface area contributed by atoms with Crippen LogP contribution in [0.3, 0.4) is 0 Å². The highest BCUT2D eigenvalue weighted by Gasteiger charge is 2.19. The molecule has 0 atom stereocenters. The summed E-state index contributed by atoms with van der Waals surface area (Å²) in [4.78, 5) is 0. The summed E-state index contributed by atoms with van der Waals surface area (Å²) in [5.74, 6) is -0.884. The van der Waals surface area contributed by atoms with Gasteiger partial charge in [0.05, 0.1) is 0 Å². The van der Waals surface area contributed by atoms with Crippen molar-refractivity contribution < 1.29 is 9.50 Å². The van der Waals surface area contributed by atoms with Gasteiger partial charge >= 0.3 is 0 Å². The van der Waals surface area contributed by atoms with Crippen molar-refractivity contribution in [3.8, 4) is 5.75 Å². The lowest BCUT2D eigenvalue weighted by atomic mass is 9.84. The zero-order valence-electron chi connectivity index (χ0n) is 11.9. The van der Waals surface area contributed by atoms with Crippen molar-refractivity contribution in [2.75, 3.05) is 6.54 Å². The van der Waals surface area contributed by atoms with Crippen LogP contribution in [0.4, 0.5) is 4.39 Å². The maximum absolute atomic E-state index is 13.2. The molecule has 0 aliphatic carbocycles. The lowest BCUT2D eigenvalue weighted by molar-refractivity contribution is 0.430. The second kappa shape index (κ2) is 6.06. The summed E-state index contributed by atoms with van der Waals surface area (Å²) >= 11 is 0. The molecule has 2 rings (SSSR count). The first-order valence-corrected chi connectivity index (χ1v) is 6.73. The number of phenolic OH excluding ortho intramolecular Hbond substituents is 1. The maximum atomic E-state index is 13.2. The van der Waals surface area contributed by atoms with Crippen LogP contribution in [0.2, 0.25) is 0 Å². The molecule has 2 nitrogen and oxygen atoms in total. The van der Waals surface area contributed by atoms with Gasteiger partial charge in [0.2, 0.25) is 0 Å². The minimum Gasteiger partial charge on any atom is -0.505 e. The van der Waals surface area contributed by atoms with E-state index in [0.717, 1.165) is 12.1 Å². The van der Waals surface area contributed by atoms with E-state index in [1.165, 1.54) is 17.7 Å². The van der Waals surface area contributed by atoms with Gasteiger partial charge in [-0.2, -0.15) is 0 Å². The van der Waals surface area contributed by atoms with Crippen LogP contribution in [0.1, 0.15) is 25.0 Å². The molecular formula is C17H20FNO. The standard InChI is InChI=1S/C17H20FNO/c1-17(2,14-6-4-3-5-7-14)12-19-11-13-8-9-16(20)15(18)10-13/h3-10,19-20H,11-12H2,1-2H3. The second-order valence-electron chi connectivity index (χ2n) is 5.64. The largest absolute Gasteiger partial charge is 0.505 e. The highest BCUT2D eigenvalue weighted by Crippen LogP contribution is 2.22. The average molecular weight is 273 g/mol. The molecule has 0 unspecified atom stereocenters. The van der Waals surface area contributed by atoms with Gasteiger partial charge in [0, 0.05) is 18.5 Å². The van der Waals surface area contributed by atoms with E-state index in [1.807, 2.05) is 18.2 Å². The molecule has 20 heavy (non-hydrogen) atoms. The van der Waals surface area contributed by atoms with Crippen molar-refractivity contribution in [3.63, 3.8) is 0 Å². The Bertz CT molecular complexity index is 566. The minimum absolute atomic E-state index is 0.0106. The van der Waals surface area contributed by atoms with E-state index in [-0.39, 0.29) is 11.2 Å². The summed E-state index contributed by atoms with van der Waals surface area (Å²) in [5, 5.41) is 12.5. The number of aromatic hydroxyl groups is 1. The Morgan fingerprint density at radius 2 is 1.80 bits per heavy atom. The number of hydrogen-bond acceptors (Lipinski definition) is 2. The van der Waals surface area contributed by atoms with Gasteiger partial charge in [-0.1, -0.05) is 50.2 Å². The lowest BCUT2D eigenvalue weighted by Crippen LogP contribution is -2.32. The predicted molar refractivity (Wildman–Crippen MR) is 79.2 cm³/mol. The SMILES string of the molecule is CC(C)(CNCc1ccc(O)c(F)c1)c1ccccc1. The topological polar surface area (TPSA) is 32.3 Å². The van der Waals surface area contributed by atoms with Crippen LogP contribution < -0.4 is 5.32 Å². The van der Waals surface area contributed by atoms with E-state index >= 15 is 0 Å². The third kappa shape index (κ3) is 3.58. The van der Waals surface area contributed by atoms with E-state index in [9.17, 15) is 4.39 Å². The van der Waals surface area contributed by atoms with Crippen molar-refractivity contribution in [1.29, 1.82) is 0 Å². The lowest BCUT2D eigenvalue weighted by Gasteiger charge is -2.25. The van der Waals surface area contributed by atoms with E-state index in [0.29, 0.717) is 6.54 Å². The number of hydrogen-bond donors (Lipinski definition) is 2. The first-order valence-electron chi connectivity index (χ1n) is 6.73.